The zero-order chi connectivity index (χ0) is 13.9. The van der Waals surface area contributed by atoms with Gasteiger partial charge in [0.2, 0.25) is 0 Å². The summed E-state index contributed by atoms with van der Waals surface area (Å²) in [5.74, 6) is 0. The fourth-order valence-electron chi connectivity index (χ4n) is 1.93. The van der Waals surface area contributed by atoms with Gasteiger partial charge in [-0.25, -0.2) is 4.79 Å². The summed E-state index contributed by atoms with van der Waals surface area (Å²) < 4.78 is 5.39. The van der Waals surface area contributed by atoms with Gasteiger partial charge in [0.25, 0.3) is 0 Å². The number of hydrogen-bond acceptors (Lipinski definition) is 4. The number of hydrogen-bond donors (Lipinski definition) is 0. The molecule has 0 unspecified atom stereocenters. The Morgan fingerprint density at radius 3 is 2.74 bits per heavy atom. The number of amides is 1. The van der Waals surface area contributed by atoms with Gasteiger partial charge in [0.1, 0.15) is 5.60 Å². The topological polar surface area (TPSA) is 42.4 Å². The number of carbonyl (C=O) groups excluding carboxylic acids is 1. The molecular formula is C14H20N2O2S. The van der Waals surface area contributed by atoms with E-state index in [0.717, 1.165) is 19.5 Å². The third-order valence-corrected chi connectivity index (χ3v) is 4.01. The first-order valence-corrected chi connectivity index (χ1v) is 7.36. The summed E-state index contributed by atoms with van der Waals surface area (Å²) in [7, 11) is 0. The van der Waals surface area contributed by atoms with Gasteiger partial charge >= 0.3 is 6.09 Å². The maximum atomic E-state index is 11.9. The molecule has 0 saturated carbocycles. The largest absolute Gasteiger partial charge is 0.444 e. The Balaban J connectivity index is 1.85. The van der Waals surface area contributed by atoms with Crippen LogP contribution in [0.25, 0.3) is 0 Å². The van der Waals surface area contributed by atoms with E-state index in [1.165, 1.54) is 4.90 Å². The first kappa shape index (κ1) is 14.2. The third-order valence-electron chi connectivity index (χ3n) is 2.75. The van der Waals surface area contributed by atoms with Crippen molar-refractivity contribution < 1.29 is 9.53 Å². The minimum atomic E-state index is -0.423. The van der Waals surface area contributed by atoms with Crippen LogP contribution in [0, 0.1) is 0 Å². The van der Waals surface area contributed by atoms with E-state index in [1.807, 2.05) is 32.9 Å². The van der Waals surface area contributed by atoms with Crippen molar-refractivity contribution in [2.24, 2.45) is 0 Å². The number of ether oxygens (including phenoxy) is 1. The second-order valence-corrected chi connectivity index (χ2v) is 7.01. The number of nitrogens with zero attached hydrogens (tertiary/aromatic N) is 2. The Kier molecular flexibility index (Phi) is 4.34. The molecule has 0 spiro atoms. The normalized spacial score (nSPS) is 19.5. The molecule has 0 radical (unpaired) electrons. The first-order chi connectivity index (χ1) is 8.94. The van der Waals surface area contributed by atoms with E-state index in [-0.39, 0.29) is 6.09 Å². The SMILES string of the molecule is CC(C)(C)OC(=O)N1CC[C@H](Sc2ccncc2)C1. The van der Waals surface area contributed by atoms with Crippen LogP contribution in [0.4, 0.5) is 4.79 Å². The van der Waals surface area contributed by atoms with Crippen LogP contribution in [0.2, 0.25) is 0 Å². The van der Waals surface area contributed by atoms with E-state index in [2.05, 4.69) is 4.98 Å². The van der Waals surface area contributed by atoms with Crippen molar-refractivity contribution in [3.05, 3.63) is 24.5 Å². The summed E-state index contributed by atoms with van der Waals surface area (Å²) in [4.78, 5) is 18.9. The minimum Gasteiger partial charge on any atom is -0.444 e. The van der Waals surface area contributed by atoms with Crippen molar-refractivity contribution in [2.45, 2.75) is 42.9 Å². The Bertz CT molecular complexity index is 431. The van der Waals surface area contributed by atoms with Gasteiger partial charge in [0.05, 0.1) is 0 Å². The molecule has 1 saturated heterocycles. The average Bonchev–Trinajstić information content (AvgIpc) is 2.77. The fraction of sp³-hybridized carbons (Fsp3) is 0.571. The molecule has 1 atom stereocenters. The van der Waals surface area contributed by atoms with Gasteiger partial charge < -0.3 is 9.64 Å². The van der Waals surface area contributed by atoms with E-state index in [1.54, 1.807) is 29.1 Å². The molecule has 1 aliphatic heterocycles. The number of pyridine rings is 1. The molecule has 1 aliphatic rings. The summed E-state index contributed by atoms with van der Waals surface area (Å²) in [6.07, 6.45) is 4.39. The van der Waals surface area contributed by atoms with Gasteiger partial charge in [-0.2, -0.15) is 0 Å². The molecule has 0 bridgehead atoms. The van der Waals surface area contributed by atoms with E-state index in [9.17, 15) is 4.79 Å². The van der Waals surface area contributed by atoms with Gasteiger partial charge in [-0.05, 0) is 39.3 Å². The number of thioether (sulfide) groups is 1. The van der Waals surface area contributed by atoms with Crippen molar-refractivity contribution in [2.75, 3.05) is 13.1 Å². The lowest BCUT2D eigenvalue weighted by atomic mass is 10.2. The van der Waals surface area contributed by atoms with Crippen LogP contribution in [0.15, 0.2) is 29.4 Å². The maximum Gasteiger partial charge on any atom is 0.410 e. The molecule has 1 aromatic rings. The van der Waals surface area contributed by atoms with Gasteiger partial charge in [0, 0.05) is 35.6 Å². The summed E-state index contributed by atoms with van der Waals surface area (Å²) in [6.45, 7) is 7.21. The van der Waals surface area contributed by atoms with E-state index >= 15 is 0 Å². The zero-order valence-electron chi connectivity index (χ0n) is 11.6. The summed E-state index contributed by atoms with van der Waals surface area (Å²) in [5, 5.41) is 0.440. The number of aromatic nitrogens is 1. The quantitative estimate of drug-likeness (QED) is 0.834. The van der Waals surface area contributed by atoms with Crippen molar-refractivity contribution >= 4 is 17.9 Å². The molecule has 2 rings (SSSR count). The fourth-order valence-corrected chi connectivity index (χ4v) is 3.07. The lowest BCUT2D eigenvalue weighted by molar-refractivity contribution is 0.0295. The predicted molar refractivity (Wildman–Crippen MR) is 76.3 cm³/mol. The second-order valence-electron chi connectivity index (χ2n) is 5.64. The molecule has 1 fully saturated rings. The van der Waals surface area contributed by atoms with Crippen LogP contribution >= 0.6 is 11.8 Å². The minimum absolute atomic E-state index is 0.203. The van der Waals surface area contributed by atoms with Gasteiger partial charge in [-0.3, -0.25) is 4.98 Å². The van der Waals surface area contributed by atoms with Crippen molar-refractivity contribution in [1.82, 2.24) is 9.88 Å². The Hall–Kier alpha value is -1.23. The van der Waals surface area contributed by atoms with Crippen molar-refractivity contribution in [3.8, 4) is 0 Å². The van der Waals surface area contributed by atoms with E-state index in [0.29, 0.717) is 5.25 Å². The molecule has 2 heterocycles. The molecule has 0 aliphatic carbocycles. The highest BCUT2D eigenvalue weighted by atomic mass is 32.2. The van der Waals surface area contributed by atoms with Crippen molar-refractivity contribution in [1.29, 1.82) is 0 Å². The van der Waals surface area contributed by atoms with Crippen LogP contribution in [0.3, 0.4) is 0 Å². The molecule has 5 heteroatoms. The second kappa shape index (κ2) is 5.82. The maximum absolute atomic E-state index is 11.9. The van der Waals surface area contributed by atoms with Crippen LogP contribution in [-0.2, 0) is 4.74 Å². The van der Waals surface area contributed by atoms with Crippen LogP contribution in [0.1, 0.15) is 27.2 Å². The Morgan fingerprint density at radius 2 is 2.11 bits per heavy atom. The molecule has 104 valence electrons. The standard InChI is InChI=1S/C14H20N2O2S/c1-14(2,3)18-13(17)16-9-6-12(10-16)19-11-4-7-15-8-5-11/h4-5,7-8,12H,6,9-10H2,1-3H3/t12-/m0/s1. The lowest BCUT2D eigenvalue weighted by Gasteiger charge is -2.24. The van der Waals surface area contributed by atoms with E-state index in [4.69, 9.17) is 4.74 Å². The summed E-state index contributed by atoms with van der Waals surface area (Å²) in [6, 6.07) is 4.00. The monoisotopic (exact) mass is 280 g/mol. The van der Waals surface area contributed by atoms with Crippen molar-refractivity contribution in [3.63, 3.8) is 0 Å². The Morgan fingerprint density at radius 1 is 1.42 bits per heavy atom. The smallest absolute Gasteiger partial charge is 0.410 e. The number of likely N-dealkylation sites (tertiary alicyclic amines) is 1. The summed E-state index contributed by atoms with van der Waals surface area (Å²) >= 11 is 1.80. The highest BCUT2D eigenvalue weighted by Crippen LogP contribution is 2.29. The number of rotatable bonds is 2. The van der Waals surface area contributed by atoms with Gasteiger partial charge in [-0.15, -0.1) is 11.8 Å². The molecule has 4 nitrogen and oxygen atoms in total. The molecule has 0 N–H and O–H groups in total. The predicted octanol–water partition coefficient (Wildman–Crippen LogP) is 3.18. The molecular weight excluding hydrogens is 260 g/mol. The lowest BCUT2D eigenvalue weighted by Crippen LogP contribution is -2.35. The molecule has 0 aromatic carbocycles. The van der Waals surface area contributed by atoms with Gasteiger partial charge in [0.15, 0.2) is 0 Å². The highest BCUT2D eigenvalue weighted by molar-refractivity contribution is 8.00. The molecule has 1 amide bonds. The van der Waals surface area contributed by atoms with Gasteiger partial charge in [-0.1, -0.05) is 0 Å². The number of carbonyl (C=O) groups is 1. The molecule has 19 heavy (non-hydrogen) atoms. The third kappa shape index (κ3) is 4.42. The van der Waals surface area contributed by atoms with Crippen LogP contribution in [-0.4, -0.2) is 39.9 Å². The first-order valence-electron chi connectivity index (χ1n) is 6.49. The van der Waals surface area contributed by atoms with Crippen LogP contribution in [0.5, 0.6) is 0 Å². The highest BCUT2D eigenvalue weighted by Gasteiger charge is 2.30. The Labute approximate surface area is 118 Å². The average molecular weight is 280 g/mol. The van der Waals surface area contributed by atoms with E-state index < -0.39 is 5.60 Å². The molecule has 1 aromatic heterocycles. The summed E-state index contributed by atoms with van der Waals surface area (Å²) in [5.41, 5.74) is -0.423. The zero-order valence-corrected chi connectivity index (χ0v) is 12.4. The van der Waals surface area contributed by atoms with Crippen LogP contribution < -0.4 is 0 Å².